The van der Waals surface area contributed by atoms with Gasteiger partial charge < -0.3 is 4.74 Å². The number of carbonyl (C=O) groups is 1. The van der Waals surface area contributed by atoms with E-state index in [9.17, 15) is 9.59 Å². The predicted octanol–water partition coefficient (Wildman–Crippen LogP) is 2.84. The van der Waals surface area contributed by atoms with Gasteiger partial charge in [-0.1, -0.05) is 12.1 Å². The Morgan fingerprint density at radius 2 is 1.76 bits per heavy atom. The van der Waals surface area contributed by atoms with Gasteiger partial charge in [-0.3, -0.25) is 18.6 Å². The number of hydrogen-bond donors (Lipinski definition) is 0. The highest BCUT2D eigenvalue weighted by Crippen LogP contribution is 2.60. The first-order valence-electron chi connectivity index (χ1n) is 10.5. The number of nitrogens with zero attached hydrogens (tertiary/aromatic N) is 4. The first kappa shape index (κ1) is 17.2. The third-order valence-corrected chi connectivity index (χ3v) is 7.50. The lowest BCUT2D eigenvalue weighted by Gasteiger charge is -2.55. The van der Waals surface area contributed by atoms with Crippen molar-refractivity contribution in [1.82, 2.24) is 19.2 Å². The number of fused-ring (bicyclic) bond motifs is 3. The molecule has 2 heterocycles. The first-order valence-corrected chi connectivity index (χ1v) is 10.5. The van der Waals surface area contributed by atoms with E-state index in [1.807, 2.05) is 22.6 Å². The van der Waals surface area contributed by atoms with Gasteiger partial charge in [-0.05, 0) is 68.4 Å². The molecule has 7 nitrogen and oxygen atoms in total. The van der Waals surface area contributed by atoms with Crippen LogP contribution in [-0.2, 0) is 23.2 Å². The molecule has 4 saturated carbocycles. The molecule has 4 aliphatic rings. The molecular weight excluding hydrogens is 368 g/mol. The van der Waals surface area contributed by atoms with Crippen molar-refractivity contribution in [2.75, 3.05) is 0 Å². The highest BCUT2D eigenvalue weighted by Gasteiger charge is 2.55. The molecule has 29 heavy (non-hydrogen) atoms. The Morgan fingerprint density at radius 1 is 1.10 bits per heavy atom. The largest absolute Gasteiger partial charge is 0.457 e. The predicted molar refractivity (Wildman–Crippen MR) is 106 cm³/mol. The maximum Gasteiger partial charge on any atom is 0.312 e. The molecule has 1 aromatic carbocycles. The Morgan fingerprint density at radius 3 is 2.45 bits per heavy atom. The molecule has 0 N–H and O–H groups in total. The van der Waals surface area contributed by atoms with Crippen LogP contribution in [0, 0.1) is 23.2 Å². The lowest BCUT2D eigenvalue weighted by atomic mass is 9.49. The fourth-order valence-corrected chi connectivity index (χ4v) is 6.63. The molecule has 0 aliphatic heterocycles. The Balaban J connectivity index is 1.33. The Kier molecular flexibility index (Phi) is 3.50. The van der Waals surface area contributed by atoms with Gasteiger partial charge in [0.2, 0.25) is 5.78 Å². The Hall–Kier alpha value is -2.70. The van der Waals surface area contributed by atoms with Gasteiger partial charge in [0.05, 0.1) is 16.3 Å². The van der Waals surface area contributed by atoms with Crippen LogP contribution in [0.25, 0.3) is 16.7 Å². The minimum absolute atomic E-state index is 0.0672. The van der Waals surface area contributed by atoms with Crippen LogP contribution in [0.4, 0.5) is 0 Å². The quantitative estimate of drug-likeness (QED) is 0.641. The van der Waals surface area contributed by atoms with Gasteiger partial charge in [0.1, 0.15) is 0 Å². The molecule has 4 bridgehead atoms. The van der Waals surface area contributed by atoms with Crippen molar-refractivity contribution in [3.8, 4) is 0 Å². The number of aromatic nitrogens is 4. The molecule has 0 amide bonds. The zero-order chi connectivity index (χ0) is 19.8. The molecule has 7 heteroatoms. The molecule has 4 fully saturated rings. The molecule has 0 saturated heterocycles. The summed E-state index contributed by atoms with van der Waals surface area (Å²) in [6, 6.07) is 7.39. The molecule has 4 aliphatic carbocycles. The molecule has 0 spiro atoms. The third-order valence-electron chi connectivity index (χ3n) is 7.50. The number of ether oxygens (including phenoxy) is 1. The first-order chi connectivity index (χ1) is 14.0. The number of hydrogen-bond acceptors (Lipinski definition) is 5. The fraction of sp³-hybridized carbons (Fsp3) is 0.545. The van der Waals surface area contributed by atoms with E-state index in [0.717, 1.165) is 24.8 Å². The van der Waals surface area contributed by atoms with Crippen LogP contribution in [0.1, 0.15) is 44.3 Å². The summed E-state index contributed by atoms with van der Waals surface area (Å²) in [5.74, 6) is 3.02. The van der Waals surface area contributed by atoms with Crippen LogP contribution in [0.2, 0.25) is 0 Å². The van der Waals surface area contributed by atoms with Crippen molar-refractivity contribution in [2.45, 2.75) is 45.1 Å². The summed E-state index contributed by atoms with van der Waals surface area (Å²) in [4.78, 5) is 25.8. The average Bonchev–Trinajstić information content (AvgIpc) is 3.13. The number of esters is 1. The van der Waals surface area contributed by atoms with Gasteiger partial charge in [0, 0.05) is 7.05 Å². The van der Waals surface area contributed by atoms with Crippen LogP contribution in [0.15, 0.2) is 29.1 Å². The molecule has 2 aromatic heterocycles. The zero-order valence-electron chi connectivity index (χ0n) is 16.5. The SMILES string of the molecule is Cn1c(=O)c2ccccc2n2c(COC(=O)C34CC5CC(CC(C5)C3)C4)nnc12. The monoisotopic (exact) mass is 392 g/mol. The van der Waals surface area contributed by atoms with Crippen LogP contribution in [0.3, 0.4) is 0 Å². The summed E-state index contributed by atoms with van der Waals surface area (Å²) in [7, 11) is 1.68. The summed E-state index contributed by atoms with van der Waals surface area (Å²) in [5, 5.41) is 9.02. The molecule has 0 unspecified atom stereocenters. The van der Waals surface area contributed by atoms with Crippen LogP contribution < -0.4 is 5.56 Å². The van der Waals surface area contributed by atoms with E-state index in [4.69, 9.17) is 4.74 Å². The van der Waals surface area contributed by atoms with Crippen LogP contribution >= 0.6 is 0 Å². The lowest BCUT2D eigenvalue weighted by Crippen LogP contribution is -2.50. The van der Waals surface area contributed by atoms with E-state index >= 15 is 0 Å². The number of rotatable bonds is 3. The normalized spacial score (nSPS) is 30.3. The van der Waals surface area contributed by atoms with E-state index in [1.54, 1.807) is 13.1 Å². The second-order valence-corrected chi connectivity index (χ2v) is 9.41. The average molecular weight is 392 g/mol. The minimum Gasteiger partial charge on any atom is -0.457 e. The standard InChI is InChI=1S/C22H24N4O3/c1-25-19(27)16-4-2-3-5-17(16)26-18(23-24-21(25)26)12-29-20(28)22-9-13-6-14(10-22)8-15(7-13)11-22/h2-5,13-15H,6-12H2,1H3. The maximum absolute atomic E-state index is 13.2. The van der Waals surface area contributed by atoms with Crippen molar-refractivity contribution >= 4 is 22.6 Å². The topological polar surface area (TPSA) is 78.5 Å². The Labute approximate surface area is 167 Å². The second-order valence-electron chi connectivity index (χ2n) is 9.41. The van der Waals surface area contributed by atoms with E-state index in [0.29, 0.717) is 34.7 Å². The minimum atomic E-state index is -0.288. The number of carbonyl (C=O) groups excluding carboxylic acids is 1. The van der Waals surface area contributed by atoms with E-state index in [-0.39, 0.29) is 23.6 Å². The van der Waals surface area contributed by atoms with Crippen LogP contribution in [0.5, 0.6) is 0 Å². The van der Waals surface area contributed by atoms with E-state index in [2.05, 4.69) is 10.2 Å². The van der Waals surface area contributed by atoms with E-state index in [1.165, 1.54) is 23.8 Å². The number of para-hydroxylation sites is 1. The number of aryl methyl sites for hydroxylation is 1. The highest BCUT2D eigenvalue weighted by molar-refractivity contribution is 5.80. The highest BCUT2D eigenvalue weighted by atomic mass is 16.5. The smallest absolute Gasteiger partial charge is 0.312 e. The summed E-state index contributed by atoms with van der Waals surface area (Å²) >= 11 is 0. The van der Waals surface area contributed by atoms with Gasteiger partial charge in [-0.25, -0.2) is 0 Å². The van der Waals surface area contributed by atoms with Gasteiger partial charge >= 0.3 is 5.97 Å². The van der Waals surface area contributed by atoms with Crippen molar-refractivity contribution in [1.29, 1.82) is 0 Å². The van der Waals surface area contributed by atoms with Gasteiger partial charge in [0.25, 0.3) is 5.56 Å². The van der Waals surface area contributed by atoms with Gasteiger partial charge in [-0.15, -0.1) is 10.2 Å². The summed E-state index contributed by atoms with van der Waals surface area (Å²) < 4.78 is 9.16. The molecule has 3 aromatic rings. The van der Waals surface area contributed by atoms with E-state index < -0.39 is 0 Å². The van der Waals surface area contributed by atoms with Crippen molar-refractivity contribution < 1.29 is 9.53 Å². The Bertz CT molecular complexity index is 1170. The number of benzene rings is 1. The molecular formula is C22H24N4O3. The third kappa shape index (κ3) is 2.42. The molecule has 7 rings (SSSR count). The summed E-state index contributed by atoms with van der Waals surface area (Å²) in [6.07, 6.45) is 6.83. The molecule has 0 atom stereocenters. The summed E-state index contributed by atoms with van der Waals surface area (Å²) in [6.45, 7) is 0.0734. The van der Waals surface area contributed by atoms with Gasteiger partial charge in [-0.2, -0.15) is 0 Å². The van der Waals surface area contributed by atoms with Crippen molar-refractivity contribution in [3.63, 3.8) is 0 Å². The lowest BCUT2D eigenvalue weighted by molar-refractivity contribution is -0.173. The van der Waals surface area contributed by atoms with Gasteiger partial charge in [0.15, 0.2) is 12.4 Å². The zero-order valence-corrected chi connectivity index (χ0v) is 16.5. The van der Waals surface area contributed by atoms with Crippen molar-refractivity contribution in [3.05, 3.63) is 40.4 Å². The second kappa shape index (κ2) is 5.90. The van der Waals surface area contributed by atoms with Crippen molar-refractivity contribution in [2.24, 2.45) is 30.2 Å². The summed E-state index contributed by atoms with van der Waals surface area (Å²) in [5.41, 5.74) is 0.332. The molecule has 150 valence electrons. The van der Waals surface area contributed by atoms with Crippen LogP contribution in [-0.4, -0.2) is 25.1 Å². The fourth-order valence-electron chi connectivity index (χ4n) is 6.63. The maximum atomic E-state index is 13.2. The molecule has 0 radical (unpaired) electrons.